The highest BCUT2D eigenvalue weighted by Crippen LogP contribution is 2.38. The van der Waals surface area contributed by atoms with Crippen LogP contribution >= 0.6 is 11.6 Å². The van der Waals surface area contributed by atoms with Crippen molar-refractivity contribution in [3.05, 3.63) is 70.4 Å². The summed E-state index contributed by atoms with van der Waals surface area (Å²) >= 11 is 5.90. The molecule has 0 radical (unpaired) electrons. The summed E-state index contributed by atoms with van der Waals surface area (Å²) in [7, 11) is 0. The minimum absolute atomic E-state index is 0.0134. The first-order valence-electron chi connectivity index (χ1n) is 7.84. The van der Waals surface area contributed by atoms with Crippen LogP contribution in [0, 0.1) is 11.3 Å². The topological polar surface area (TPSA) is 49.6 Å². The summed E-state index contributed by atoms with van der Waals surface area (Å²) in [5.41, 5.74) is -1.49. The fourth-order valence-electron chi connectivity index (χ4n) is 2.64. The molecule has 0 saturated carbocycles. The second-order valence-electron chi connectivity index (χ2n) is 5.85. The molecule has 3 rings (SSSR count). The number of nitriles is 1. The Morgan fingerprint density at radius 3 is 1.59 bits per heavy atom. The van der Waals surface area contributed by atoms with Gasteiger partial charge in [-0.3, -0.25) is 0 Å². The van der Waals surface area contributed by atoms with E-state index in [-0.39, 0.29) is 33.1 Å². The molecule has 0 aliphatic rings. The lowest BCUT2D eigenvalue weighted by Crippen LogP contribution is -2.05. The van der Waals surface area contributed by atoms with Crippen molar-refractivity contribution >= 4 is 11.6 Å². The van der Waals surface area contributed by atoms with Gasteiger partial charge in [-0.05, 0) is 29.8 Å². The van der Waals surface area contributed by atoms with Crippen LogP contribution in [-0.4, -0.2) is 10.2 Å². The normalized spacial score (nSPS) is 11.9. The molecular formula is C19H8ClF6N3. The average Bonchev–Trinajstić information content (AvgIpc) is 2.66. The molecule has 0 amide bonds. The van der Waals surface area contributed by atoms with Crippen molar-refractivity contribution in [2.75, 3.05) is 0 Å². The number of rotatable bonds is 2. The average molecular weight is 428 g/mol. The van der Waals surface area contributed by atoms with E-state index in [0.717, 1.165) is 48.5 Å². The molecule has 0 saturated heterocycles. The lowest BCUT2D eigenvalue weighted by molar-refractivity contribution is -0.138. The van der Waals surface area contributed by atoms with E-state index in [1.165, 1.54) is 0 Å². The summed E-state index contributed by atoms with van der Waals surface area (Å²) in [5, 5.41) is 16.6. The van der Waals surface area contributed by atoms with Crippen molar-refractivity contribution in [1.29, 1.82) is 5.26 Å². The second-order valence-corrected chi connectivity index (χ2v) is 6.21. The minimum Gasteiger partial charge on any atom is -0.192 e. The second kappa shape index (κ2) is 7.37. The molecule has 3 nitrogen and oxygen atoms in total. The monoisotopic (exact) mass is 427 g/mol. The van der Waals surface area contributed by atoms with Gasteiger partial charge in [-0.25, -0.2) is 0 Å². The lowest BCUT2D eigenvalue weighted by Gasteiger charge is -2.13. The van der Waals surface area contributed by atoms with Gasteiger partial charge in [0.15, 0.2) is 5.15 Å². The van der Waals surface area contributed by atoms with Crippen LogP contribution in [0.3, 0.4) is 0 Å². The standard InChI is InChI=1S/C19H8ClF6N3/c20-17-14(9-27)15(10-1-5-12(6-2-10)18(21,22)23)16(28-29-17)11-3-7-13(8-4-11)19(24,25)26/h1-8H. The summed E-state index contributed by atoms with van der Waals surface area (Å²) in [6.07, 6.45) is -9.10. The largest absolute Gasteiger partial charge is 0.416 e. The van der Waals surface area contributed by atoms with Gasteiger partial charge in [0.25, 0.3) is 0 Å². The van der Waals surface area contributed by atoms with Gasteiger partial charge in [-0.2, -0.15) is 31.6 Å². The van der Waals surface area contributed by atoms with Gasteiger partial charge in [0.05, 0.1) is 11.1 Å². The van der Waals surface area contributed by atoms with Crippen LogP contribution in [0.5, 0.6) is 0 Å². The minimum atomic E-state index is -4.55. The molecule has 0 bridgehead atoms. The highest BCUT2D eigenvalue weighted by molar-refractivity contribution is 6.31. The molecule has 2 aromatic carbocycles. The van der Waals surface area contributed by atoms with E-state index in [0.29, 0.717) is 0 Å². The number of alkyl halides is 6. The number of hydrogen-bond acceptors (Lipinski definition) is 3. The van der Waals surface area contributed by atoms with Gasteiger partial charge in [-0.15, -0.1) is 10.2 Å². The van der Waals surface area contributed by atoms with E-state index in [2.05, 4.69) is 10.2 Å². The van der Waals surface area contributed by atoms with Crippen molar-refractivity contribution in [3.8, 4) is 28.5 Å². The zero-order chi connectivity index (χ0) is 21.4. The van der Waals surface area contributed by atoms with Crippen LogP contribution in [0.25, 0.3) is 22.4 Å². The summed E-state index contributed by atoms with van der Waals surface area (Å²) in [6.45, 7) is 0. The summed E-state index contributed by atoms with van der Waals surface area (Å²) in [6, 6.07) is 9.64. The maximum Gasteiger partial charge on any atom is 0.416 e. The zero-order valence-corrected chi connectivity index (χ0v) is 14.9. The van der Waals surface area contributed by atoms with Crippen molar-refractivity contribution < 1.29 is 26.3 Å². The molecule has 0 aliphatic heterocycles. The quantitative estimate of drug-likeness (QED) is 0.446. The van der Waals surface area contributed by atoms with Gasteiger partial charge in [0.1, 0.15) is 17.3 Å². The van der Waals surface area contributed by atoms with Gasteiger partial charge < -0.3 is 0 Å². The van der Waals surface area contributed by atoms with Gasteiger partial charge in [0, 0.05) is 11.1 Å². The van der Waals surface area contributed by atoms with Crippen LogP contribution in [0.1, 0.15) is 16.7 Å². The third-order valence-electron chi connectivity index (χ3n) is 4.03. The number of nitrogens with zero attached hydrogens (tertiary/aromatic N) is 3. The van der Waals surface area contributed by atoms with Crippen LogP contribution in [0.15, 0.2) is 48.5 Å². The smallest absolute Gasteiger partial charge is 0.192 e. The first kappa shape index (κ1) is 20.6. The first-order chi connectivity index (χ1) is 13.5. The fourth-order valence-corrected chi connectivity index (χ4v) is 2.82. The predicted octanol–water partition coefficient (Wildman–Crippen LogP) is 6.37. The molecule has 148 valence electrons. The maximum atomic E-state index is 12.8. The molecule has 0 fully saturated rings. The Labute approximate surface area is 165 Å². The van der Waals surface area contributed by atoms with E-state index in [1.807, 2.05) is 6.07 Å². The third-order valence-corrected chi connectivity index (χ3v) is 4.29. The Kier molecular flexibility index (Phi) is 5.24. The van der Waals surface area contributed by atoms with E-state index in [4.69, 9.17) is 11.6 Å². The van der Waals surface area contributed by atoms with E-state index >= 15 is 0 Å². The van der Waals surface area contributed by atoms with Crippen molar-refractivity contribution in [3.63, 3.8) is 0 Å². The van der Waals surface area contributed by atoms with Crippen LogP contribution in [0.2, 0.25) is 5.15 Å². The Morgan fingerprint density at radius 2 is 1.17 bits per heavy atom. The number of hydrogen-bond donors (Lipinski definition) is 0. The maximum absolute atomic E-state index is 12.8. The molecular weight excluding hydrogens is 420 g/mol. The Morgan fingerprint density at radius 1 is 0.724 bits per heavy atom. The van der Waals surface area contributed by atoms with E-state index < -0.39 is 23.5 Å². The zero-order valence-electron chi connectivity index (χ0n) is 14.1. The molecule has 0 spiro atoms. The highest BCUT2D eigenvalue weighted by Gasteiger charge is 2.31. The third kappa shape index (κ3) is 4.17. The van der Waals surface area contributed by atoms with Gasteiger partial charge in [-0.1, -0.05) is 35.9 Å². The molecule has 10 heteroatoms. The highest BCUT2D eigenvalue weighted by atomic mass is 35.5. The lowest BCUT2D eigenvalue weighted by atomic mass is 9.95. The number of benzene rings is 2. The Hall–Kier alpha value is -3.12. The Balaban J connectivity index is 2.19. The van der Waals surface area contributed by atoms with Gasteiger partial charge >= 0.3 is 12.4 Å². The van der Waals surface area contributed by atoms with E-state index in [1.54, 1.807) is 0 Å². The molecule has 3 aromatic rings. The SMILES string of the molecule is N#Cc1c(Cl)nnc(-c2ccc(C(F)(F)F)cc2)c1-c1ccc(C(F)(F)F)cc1. The molecule has 0 atom stereocenters. The van der Waals surface area contributed by atoms with Crippen LogP contribution in [0.4, 0.5) is 26.3 Å². The van der Waals surface area contributed by atoms with Crippen molar-refractivity contribution in [1.82, 2.24) is 10.2 Å². The van der Waals surface area contributed by atoms with Crippen LogP contribution < -0.4 is 0 Å². The summed E-state index contributed by atoms with van der Waals surface area (Å²) < 4.78 is 76.8. The first-order valence-corrected chi connectivity index (χ1v) is 8.21. The predicted molar refractivity (Wildman–Crippen MR) is 92.6 cm³/mol. The Bertz CT molecular complexity index is 1080. The number of aromatic nitrogens is 2. The molecule has 1 heterocycles. The molecule has 29 heavy (non-hydrogen) atoms. The van der Waals surface area contributed by atoms with Crippen molar-refractivity contribution in [2.24, 2.45) is 0 Å². The van der Waals surface area contributed by atoms with Crippen molar-refractivity contribution in [2.45, 2.75) is 12.4 Å². The van der Waals surface area contributed by atoms with Gasteiger partial charge in [0.2, 0.25) is 0 Å². The molecule has 0 N–H and O–H groups in total. The van der Waals surface area contributed by atoms with E-state index in [9.17, 15) is 31.6 Å². The molecule has 0 unspecified atom stereocenters. The fraction of sp³-hybridized carbons (Fsp3) is 0.105. The molecule has 1 aromatic heterocycles. The molecule has 0 aliphatic carbocycles. The van der Waals surface area contributed by atoms with Crippen LogP contribution in [-0.2, 0) is 12.4 Å². The summed E-state index contributed by atoms with van der Waals surface area (Å²) in [4.78, 5) is 0. The summed E-state index contributed by atoms with van der Waals surface area (Å²) in [5.74, 6) is 0. The number of halogens is 7.